The van der Waals surface area contributed by atoms with Gasteiger partial charge in [-0.15, -0.1) is 15.3 Å². The van der Waals surface area contributed by atoms with E-state index in [4.69, 9.17) is 5.10 Å². The third-order valence-corrected chi connectivity index (χ3v) is 5.29. The monoisotopic (exact) mass is 352 g/mol. The van der Waals surface area contributed by atoms with Crippen LogP contribution in [0.15, 0.2) is 29.3 Å². The van der Waals surface area contributed by atoms with Gasteiger partial charge >= 0.3 is 0 Å². The summed E-state index contributed by atoms with van der Waals surface area (Å²) in [6, 6.07) is 3.98. The molecule has 0 atom stereocenters. The quantitative estimate of drug-likeness (QED) is 0.706. The molecule has 0 unspecified atom stereocenters. The van der Waals surface area contributed by atoms with Gasteiger partial charge in [0.2, 0.25) is 0 Å². The number of H-pyrrole nitrogens is 1. The second kappa shape index (κ2) is 6.08. The van der Waals surface area contributed by atoms with E-state index in [1.807, 2.05) is 16.6 Å². The van der Waals surface area contributed by atoms with E-state index in [0.29, 0.717) is 17.7 Å². The lowest BCUT2D eigenvalue weighted by atomic mass is 9.85. The van der Waals surface area contributed by atoms with E-state index in [1.54, 1.807) is 6.20 Å². The van der Waals surface area contributed by atoms with Crippen molar-refractivity contribution < 1.29 is 0 Å². The number of anilines is 2. The van der Waals surface area contributed by atoms with Gasteiger partial charge in [0.25, 0.3) is 5.56 Å². The van der Waals surface area contributed by atoms with E-state index < -0.39 is 0 Å². The van der Waals surface area contributed by atoms with Crippen molar-refractivity contribution in [3.05, 3.63) is 40.7 Å². The number of fused-ring (bicyclic) bond motifs is 1. The van der Waals surface area contributed by atoms with Gasteiger partial charge in [-0.05, 0) is 25.0 Å². The van der Waals surface area contributed by atoms with E-state index >= 15 is 0 Å². The molecule has 1 saturated carbocycles. The smallest absolute Gasteiger partial charge is 0.290 e. The van der Waals surface area contributed by atoms with E-state index in [0.717, 1.165) is 36.9 Å². The van der Waals surface area contributed by atoms with Crippen LogP contribution in [0, 0.1) is 5.92 Å². The molecule has 0 aromatic carbocycles. The van der Waals surface area contributed by atoms with Crippen molar-refractivity contribution in [3.63, 3.8) is 0 Å². The Morgan fingerprint density at radius 1 is 1.23 bits per heavy atom. The number of hydrogen-bond donors (Lipinski definition) is 2. The fourth-order valence-electron chi connectivity index (χ4n) is 3.49. The van der Waals surface area contributed by atoms with Crippen molar-refractivity contribution in [3.8, 4) is 0 Å². The van der Waals surface area contributed by atoms with E-state index in [2.05, 4.69) is 30.4 Å². The minimum atomic E-state index is -0.188. The summed E-state index contributed by atoms with van der Waals surface area (Å²) in [5.74, 6) is 3.27. The first kappa shape index (κ1) is 15.3. The number of nitrogens with one attached hydrogen (secondary N) is 2. The predicted octanol–water partition coefficient (Wildman–Crippen LogP) is 1.02. The Hall–Kier alpha value is -2.97. The van der Waals surface area contributed by atoms with Crippen LogP contribution in [0.3, 0.4) is 0 Å². The van der Waals surface area contributed by atoms with Gasteiger partial charge in [-0.25, -0.2) is 4.98 Å². The third-order valence-electron chi connectivity index (χ3n) is 5.29. The maximum atomic E-state index is 11.6. The molecule has 2 aliphatic rings. The Kier molecular flexibility index (Phi) is 3.58. The molecule has 1 aliphatic heterocycles. The molecule has 3 aromatic rings. The van der Waals surface area contributed by atoms with Crippen LogP contribution in [0.4, 0.5) is 11.6 Å². The Morgan fingerprint density at radius 2 is 2.12 bits per heavy atom. The Bertz CT molecular complexity index is 986. The summed E-state index contributed by atoms with van der Waals surface area (Å²) in [6.45, 7) is 2.52. The molecule has 1 aliphatic carbocycles. The molecule has 0 bridgehead atoms. The van der Waals surface area contributed by atoms with E-state index in [9.17, 15) is 4.79 Å². The number of hydrogen-bond acceptors (Lipinski definition) is 7. The first-order chi connectivity index (χ1) is 12.8. The Morgan fingerprint density at radius 3 is 2.88 bits per heavy atom. The number of aromatic amines is 1. The minimum Gasteiger partial charge on any atom is -0.365 e. The number of nitrogens with zero attached hydrogens (tertiary/aromatic N) is 6. The zero-order chi connectivity index (χ0) is 17.5. The lowest BCUT2D eigenvalue weighted by molar-refractivity contribution is 0.393. The molecule has 2 N–H and O–H groups in total. The van der Waals surface area contributed by atoms with Crippen molar-refractivity contribution in [1.82, 2.24) is 29.8 Å². The van der Waals surface area contributed by atoms with Crippen molar-refractivity contribution in [1.29, 1.82) is 0 Å². The highest BCUT2D eigenvalue weighted by molar-refractivity contribution is 5.48. The Balaban J connectivity index is 1.24. The molecule has 0 spiro atoms. The maximum Gasteiger partial charge on any atom is 0.290 e. The second-order valence-corrected chi connectivity index (χ2v) is 7.07. The minimum absolute atomic E-state index is 0.188. The van der Waals surface area contributed by atoms with Crippen LogP contribution in [-0.4, -0.2) is 49.4 Å². The molecule has 0 amide bonds. The van der Waals surface area contributed by atoms with Crippen molar-refractivity contribution in [2.24, 2.45) is 5.92 Å². The Labute approximate surface area is 149 Å². The zero-order valence-corrected chi connectivity index (χ0v) is 14.3. The molecule has 9 heteroatoms. The molecule has 26 heavy (non-hydrogen) atoms. The molecule has 9 nitrogen and oxygen atoms in total. The van der Waals surface area contributed by atoms with Crippen LogP contribution in [0.5, 0.6) is 0 Å². The molecular weight excluding hydrogens is 332 g/mol. The summed E-state index contributed by atoms with van der Waals surface area (Å²) in [4.78, 5) is 20.5. The second-order valence-electron chi connectivity index (χ2n) is 7.07. The summed E-state index contributed by atoms with van der Waals surface area (Å²) in [5, 5.41) is 16.4. The van der Waals surface area contributed by atoms with Crippen molar-refractivity contribution in [2.45, 2.75) is 25.2 Å². The first-order valence-electron chi connectivity index (χ1n) is 9.03. The average molecular weight is 352 g/mol. The molecule has 134 valence electrons. The standard InChI is InChI=1S/C17H20N8O/c26-17-15(18-6-7-19-17)20-8-11-9-24(10-11)14-5-4-13-21-22-16(25(13)23-14)12-2-1-3-12/h4-7,11-12H,1-3,8-10H2,(H,18,20)(H,19,26). The fraction of sp³-hybridized carbons (Fsp3) is 0.471. The van der Waals surface area contributed by atoms with Crippen LogP contribution in [0.25, 0.3) is 5.65 Å². The number of rotatable bonds is 5. The van der Waals surface area contributed by atoms with E-state index in [-0.39, 0.29) is 5.56 Å². The highest BCUT2D eigenvalue weighted by atomic mass is 16.1. The van der Waals surface area contributed by atoms with Crippen molar-refractivity contribution in [2.75, 3.05) is 29.9 Å². The van der Waals surface area contributed by atoms with Crippen LogP contribution in [0.2, 0.25) is 0 Å². The van der Waals surface area contributed by atoms with Gasteiger partial charge in [0.15, 0.2) is 17.3 Å². The average Bonchev–Trinajstić information content (AvgIpc) is 2.97. The van der Waals surface area contributed by atoms with Gasteiger partial charge in [0.05, 0.1) is 0 Å². The molecule has 2 fully saturated rings. The molecule has 3 aromatic heterocycles. The summed E-state index contributed by atoms with van der Waals surface area (Å²) in [5.41, 5.74) is 0.621. The predicted molar refractivity (Wildman–Crippen MR) is 96.4 cm³/mol. The first-order valence-corrected chi connectivity index (χ1v) is 9.03. The number of aromatic nitrogens is 6. The zero-order valence-electron chi connectivity index (χ0n) is 14.3. The summed E-state index contributed by atoms with van der Waals surface area (Å²) < 4.78 is 1.90. The molecule has 5 rings (SSSR count). The van der Waals surface area contributed by atoms with Gasteiger partial charge in [0.1, 0.15) is 5.82 Å². The molecule has 4 heterocycles. The molecule has 1 saturated heterocycles. The lowest BCUT2D eigenvalue weighted by Crippen LogP contribution is -2.50. The van der Waals surface area contributed by atoms with Crippen LogP contribution in [0.1, 0.15) is 31.0 Å². The molecule has 0 radical (unpaired) electrons. The van der Waals surface area contributed by atoms with Gasteiger partial charge in [-0.2, -0.15) is 4.52 Å². The summed E-state index contributed by atoms with van der Waals surface area (Å²) >= 11 is 0. The van der Waals surface area contributed by atoms with Gasteiger partial charge < -0.3 is 15.2 Å². The normalized spacial score (nSPS) is 17.9. The molecular formula is C17H20N8O. The van der Waals surface area contributed by atoms with Crippen LogP contribution in [-0.2, 0) is 0 Å². The fourth-order valence-corrected chi connectivity index (χ4v) is 3.49. The largest absolute Gasteiger partial charge is 0.365 e. The van der Waals surface area contributed by atoms with Gasteiger partial charge in [-0.3, -0.25) is 4.79 Å². The highest BCUT2D eigenvalue weighted by Crippen LogP contribution is 2.35. The van der Waals surface area contributed by atoms with Gasteiger partial charge in [-0.1, -0.05) is 6.42 Å². The van der Waals surface area contributed by atoms with E-state index in [1.165, 1.54) is 25.5 Å². The summed E-state index contributed by atoms with van der Waals surface area (Å²) in [6.07, 6.45) is 6.73. The maximum absolute atomic E-state index is 11.6. The highest BCUT2D eigenvalue weighted by Gasteiger charge is 2.29. The SMILES string of the molecule is O=c1[nH]ccnc1NCC1CN(c2ccc3nnc(C4CCC4)n3n2)C1. The van der Waals surface area contributed by atoms with Gasteiger partial charge in [0, 0.05) is 43.9 Å². The third kappa shape index (κ3) is 2.59. The van der Waals surface area contributed by atoms with Crippen LogP contribution >= 0.6 is 0 Å². The lowest BCUT2D eigenvalue weighted by Gasteiger charge is -2.40. The van der Waals surface area contributed by atoms with Crippen LogP contribution < -0.4 is 15.8 Å². The van der Waals surface area contributed by atoms with Crippen molar-refractivity contribution >= 4 is 17.3 Å². The summed E-state index contributed by atoms with van der Waals surface area (Å²) in [7, 11) is 0. The topological polar surface area (TPSA) is 104 Å².